The van der Waals surface area contributed by atoms with Gasteiger partial charge in [0.1, 0.15) is 5.82 Å². The largest absolute Gasteiger partial charge is 0.294 e. The predicted molar refractivity (Wildman–Crippen MR) is 76.8 cm³/mol. The zero-order chi connectivity index (χ0) is 13.4. The third-order valence-corrected chi connectivity index (χ3v) is 5.00. The summed E-state index contributed by atoms with van der Waals surface area (Å²) >= 11 is 3.15. The highest BCUT2D eigenvalue weighted by atomic mass is 32.2. The first-order valence-electron chi connectivity index (χ1n) is 5.85. The number of hydrogen-bond donors (Lipinski definition) is 0. The van der Waals surface area contributed by atoms with Crippen LogP contribution in [0.4, 0.5) is 4.39 Å². The van der Waals surface area contributed by atoms with Crippen LogP contribution in [0.5, 0.6) is 0 Å². The fourth-order valence-corrected chi connectivity index (χ4v) is 3.61. The quantitative estimate of drug-likeness (QED) is 0.723. The molecule has 0 aliphatic carbocycles. The number of hydrogen-bond acceptors (Lipinski definition) is 3. The smallest absolute Gasteiger partial charge is 0.168 e. The van der Waals surface area contributed by atoms with Crippen molar-refractivity contribution in [3.63, 3.8) is 0 Å². The van der Waals surface area contributed by atoms with Crippen molar-refractivity contribution in [1.29, 1.82) is 0 Å². The van der Waals surface area contributed by atoms with Gasteiger partial charge in [0.15, 0.2) is 5.78 Å². The molecule has 0 radical (unpaired) electrons. The maximum atomic E-state index is 13.3. The second-order valence-electron chi connectivity index (χ2n) is 4.32. The molecule has 2 aromatic rings. The maximum Gasteiger partial charge on any atom is 0.168 e. The number of carbonyl (C=O) groups is 1. The molecular formula is C15H11FOS2. The molecule has 19 heavy (non-hydrogen) atoms. The lowest BCUT2D eigenvalue weighted by Crippen LogP contribution is -2.03. The molecular weight excluding hydrogens is 279 g/mol. The van der Waals surface area contributed by atoms with Crippen LogP contribution in [0.3, 0.4) is 0 Å². The fourth-order valence-electron chi connectivity index (χ4n) is 2.12. The van der Waals surface area contributed by atoms with Crippen LogP contribution in [0.1, 0.15) is 15.9 Å². The molecule has 0 spiro atoms. The van der Waals surface area contributed by atoms with Crippen molar-refractivity contribution in [1.82, 2.24) is 0 Å². The Morgan fingerprint density at radius 1 is 1.16 bits per heavy atom. The lowest BCUT2D eigenvalue weighted by Gasteiger charge is -2.06. The topological polar surface area (TPSA) is 17.1 Å². The van der Waals surface area contributed by atoms with Crippen LogP contribution >= 0.6 is 23.5 Å². The van der Waals surface area contributed by atoms with Gasteiger partial charge in [0, 0.05) is 26.7 Å². The molecule has 0 fully saturated rings. The summed E-state index contributed by atoms with van der Waals surface area (Å²) in [5, 5.41) is 0. The van der Waals surface area contributed by atoms with Crippen molar-refractivity contribution in [3.05, 3.63) is 53.3 Å². The van der Waals surface area contributed by atoms with Crippen LogP contribution < -0.4 is 0 Å². The van der Waals surface area contributed by atoms with E-state index in [2.05, 4.69) is 0 Å². The van der Waals surface area contributed by atoms with E-state index in [0.717, 1.165) is 25.8 Å². The minimum atomic E-state index is -0.289. The molecule has 3 rings (SSSR count). The first-order chi connectivity index (χ1) is 9.17. The maximum absolute atomic E-state index is 13.3. The molecule has 0 saturated carbocycles. The normalized spacial score (nSPS) is 13.7. The van der Waals surface area contributed by atoms with Gasteiger partial charge in [0.05, 0.1) is 0 Å². The minimum absolute atomic E-state index is 0.0581. The van der Waals surface area contributed by atoms with E-state index in [0.29, 0.717) is 0 Å². The molecule has 0 aromatic heterocycles. The van der Waals surface area contributed by atoms with Gasteiger partial charge in [-0.3, -0.25) is 4.79 Å². The highest BCUT2D eigenvalue weighted by molar-refractivity contribution is 7.99. The van der Waals surface area contributed by atoms with Crippen molar-refractivity contribution < 1.29 is 9.18 Å². The number of thioether (sulfide) groups is 1. The number of carbonyl (C=O) groups excluding carboxylic acids is 1. The Morgan fingerprint density at radius 3 is 2.74 bits per heavy atom. The number of Topliss-reactive ketones (excluding diaryl/α,β-unsaturated/α-hetero) is 1. The van der Waals surface area contributed by atoms with Gasteiger partial charge in [-0.05, 0) is 48.2 Å². The first-order valence-corrected chi connectivity index (χ1v) is 7.89. The van der Waals surface area contributed by atoms with Crippen LogP contribution in [-0.4, -0.2) is 12.0 Å². The molecule has 0 bridgehead atoms. The molecule has 2 aromatic carbocycles. The van der Waals surface area contributed by atoms with Gasteiger partial charge in [0.2, 0.25) is 0 Å². The zero-order valence-corrected chi connectivity index (χ0v) is 11.9. The molecule has 1 aliphatic rings. The molecule has 96 valence electrons. The number of fused-ring (bicyclic) bond motifs is 2. The van der Waals surface area contributed by atoms with E-state index in [-0.39, 0.29) is 18.0 Å². The molecule has 0 N–H and O–H groups in total. The Balaban J connectivity index is 2.12. The van der Waals surface area contributed by atoms with Crippen molar-refractivity contribution in [2.75, 3.05) is 6.26 Å². The number of halogens is 1. The molecule has 0 saturated heterocycles. The number of ketones is 1. The van der Waals surface area contributed by atoms with E-state index >= 15 is 0 Å². The van der Waals surface area contributed by atoms with Crippen LogP contribution in [0.15, 0.2) is 51.1 Å². The van der Waals surface area contributed by atoms with E-state index in [1.54, 1.807) is 17.8 Å². The molecule has 0 atom stereocenters. The highest BCUT2D eigenvalue weighted by Crippen LogP contribution is 2.38. The summed E-state index contributed by atoms with van der Waals surface area (Å²) in [7, 11) is 0. The zero-order valence-electron chi connectivity index (χ0n) is 10.3. The number of benzene rings is 2. The molecule has 0 amide bonds. The molecule has 4 heteroatoms. The lowest BCUT2D eigenvalue weighted by molar-refractivity contribution is 0.0990. The van der Waals surface area contributed by atoms with Gasteiger partial charge in [-0.25, -0.2) is 4.39 Å². The van der Waals surface area contributed by atoms with E-state index in [1.807, 2.05) is 24.5 Å². The van der Waals surface area contributed by atoms with Gasteiger partial charge in [-0.15, -0.1) is 11.8 Å². The van der Waals surface area contributed by atoms with E-state index in [1.165, 1.54) is 23.9 Å². The van der Waals surface area contributed by atoms with Gasteiger partial charge < -0.3 is 0 Å². The molecule has 0 unspecified atom stereocenters. The van der Waals surface area contributed by atoms with E-state index in [4.69, 9.17) is 0 Å². The molecule has 1 aliphatic heterocycles. The van der Waals surface area contributed by atoms with E-state index < -0.39 is 0 Å². The molecule has 1 heterocycles. The van der Waals surface area contributed by atoms with Gasteiger partial charge in [-0.2, -0.15) is 0 Å². The SMILES string of the molecule is CSc1ccc2c(c1)C(=O)Cc1cc(F)ccc1S2. The summed E-state index contributed by atoms with van der Waals surface area (Å²) in [6.07, 6.45) is 2.26. The summed E-state index contributed by atoms with van der Waals surface area (Å²) in [6.45, 7) is 0. The predicted octanol–water partition coefficient (Wildman–Crippen LogP) is 4.44. The molecule has 1 nitrogen and oxygen atoms in total. The van der Waals surface area contributed by atoms with Crippen LogP contribution in [0, 0.1) is 5.82 Å². The lowest BCUT2D eigenvalue weighted by atomic mass is 10.0. The Labute approximate surface area is 119 Å². The standard InChI is InChI=1S/C15H11FOS2/c1-18-11-3-5-15-12(8-11)13(17)7-9-6-10(16)2-4-14(9)19-15/h2-6,8H,7H2,1H3. The number of rotatable bonds is 1. The van der Waals surface area contributed by atoms with Crippen LogP contribution in [-0.2, 0) is 6.42 Å². The summed E-state index contributed by atoms with van der Waals surface area (Å²) in [6, 6.07) is 10.6. The second-order valence-corrected chi connectivity index (χ2v) is 6.28. The van der Waals surface area contributed by atoms with Crippen LogP contribution in [0.25, 0.3) is 0 Å². The Morgan fingerprint density at radius 2 is 1.95 bits per heavy atom. The minimum Gasteiger partial charge on any atom is -0.294 e. The average Bonchev–Trinajstić information content (AvgIpc) is 2.54. The summed E-state index contributed by atoms with van der Waals surface area (Å²) in [5.41, 5.74) is 1.52. The Hall–Kier alpha value is -1.26. The van der Waals surface area contributed by atoms with Crippen LogP contribution in [0.2, 0.25) is 0 Å². The third-order valence-electron chi connectivity index (χ3n) is 3.08. The van der Waals surface area contributed by atoms with Gasteiger partial charge >= 0.3 is 0 Å². The summed E-state index contributed by atoms with van der Waals surface area (Å²) < 4.78 is 13.3. The van der Waals surface area contributed by atoms with Crippen molar-refractivity contribution in [2.45, 2.75) is 21.1 Å². The van der Waals surface area contributed by atoms with Crippen molar-refractivity contribution in [3.8, 4) is 0 Å². The Bertz CT molecular complexity index is 667. The Kier molecular flexibility index (Phi) is 3.37. The monoisotopic (exact) mass is 290 g/mol. The summed E-state index contributed by atoms with van der Waals surface area (Å²) in [4.78, 5) is 15.3. The van der Waals surface area contributed by atoms with Crippen molar-refractivity contribution >= 4 is 29.3 Å². The van der Waals surface area contributed by atoms with Gasteiger partial charge in [0.25, 0.3) is 0 Å². The first kappa shape index (κ1) is 12.8. The average molecular weight is 290 g/mol. The second kappa shape index (κ2) is 5.02. The van der Waals surface area contributed by atoms with E-state index in [9.17, 15) is 9.18 Å². The third kappa shape index (κ3) is 2.42. The van der Waals surface area contributed by atoms with Gasteiger partial charge in [-0.1, -0.05) is 11.8 Å². The fraction of sp³-hybridized carbons (Fsp3) is 0.133. The highest BCUT2D eigenvalue weighted by Gasteiger charge is 2.21. The summed E-state index contributed by atoms with van der Waals surface area (Å²) in [5.74, 6) is -0.231. The van der Waals surface area contributed by atoms with Crippen molar-refractivity contribution in [2.24, 2.45) is 0 Å².